The number of thiophene rings is 1. The fraction of sp³-hybridized carbons (Fsp3) is 0.200. The van der Waals surface area contributed by atoms with Gasteiger partial charge in [0.05, 0.1) is 0 Å². The van der Waals surface area contributed by atoms with Gasteiger partial charge in [0.2, 0.25) is 0 Å². The molecule has 1 radical (unpaired) electrons. The summed E-state index contributed by atoms with van der Waals surface area (Å²) in [5, 5.41) is 5.16. The number of pyridine rings is 2. The summed E-state index contributed by atoms with van der Waals surface area (Å²) in [6.45, 7) is 8.19. The molecule has 0 aliphatic heterocycles. The fourth-order valence-corrected chi connectivity index (χ4v) is 10.8. The van der Waals surface area contributed by atoms with Crippen LogP contribution in [0.5, 0.6) is 0 Å². The van der Waals surface area contributed by atoms with Gasteiger partial charge in [-0.1, -0.05) is 61.2 Å². The van der Waals surface area contributed by atoms with E-state index in [1.165, 1.54) is 46.5 Å². The van der Waals surface area contributed by atoms with Crippen LogP contribution in [0.3, 0.4) is 0 Å². The Bertz CT molecular complexity index is 2160. The molecule has 0 unspecified atom stereocenters. The molecule has 7 aromatic rings. The molecule has 0 aliphatic rings. The summed E-state index contributed by atoms with van der Waals surface area (Å²) in [5.41, 5.74) is 7.64. The van der Waals surface area contributed by atoms with E-state index in [1.807, 2.05) is 61.6 Å². The molecule has 0 N–H and O–H groups in total. The van der Waals surface area contributed by atoms with E-state index in [9.17, 15) is 0 Å². The van der Waals surface area contributed by atoms with Crippen molar-refractivity contribution in [1.82, 2.24) is 9.97 Å². The SMILES string of the molecule is Cc1cc(-c2[c-]cccc2)nc[c]1[Ge]([CH3])([CH3])[CH3].[2H]C(C)(C)c1ccnc(-c2[c-]ccc3c2sc2c4ccccc4c(C)cc32)c1.[Ir]. The van der Waals surface area contributed by atoms with Crippen LogP contribution >= 0.6 is 11.3 Å². The second-order valence-electron chi connectivity index (χ2n) is 12.7. The molecular formula is C40H38GeIrN2S-2. The number of aromatic nitrogens is 2. The van der Waals surface area contributed by atoms with Crippen LogP contribution < -0.4 is 4.40 Å². The standard InChI is InChI=1S/C25H20NS.C15H18GeN.Ir/c1-15(2)17-11-12-26-23(14-17)21-10-6-9-20-22-13-16(3)18-7-4-5-8-19(18)25(22)27-24(20)21;1-12-10-15(13-8-6-5-7-9-13)17-11-14(12)16(2,3)4;/h4-9,11-15H,1-3H3;5-8,10-11H,1-4H3;/q2*-1;/i15D;;. The summed E-state index contributed by atoms with van der Waals surface area (Å²) >= 11 is 0.0439. The Morgan fingerprint density at radius 2 is 1.47 bits per heavy atom. The zero-order chi connectivity index (χ0) is 31.9. The van der Waals surface area contributed by atoms with E-state index in [-0.39, 0.29) is 20.1 Å². The second-order valence-corrected chi connectivity index (χ2v) is 24.2. The number of aryl methyl sites for hydroxylation is 2. The van der Waals surface area contributed by atoms with Gasteiger partial charge in [-0.3, -0.25) is 0 Å². The minimum Gasteiger partial charge on any atom is -0.305 e. The summed E-state index contributed by atoms with van der Waals surface area (Å²) in [5.74, 6) is 6.55. The van der Waals surface area contributed by atoms with Crippen molar-refractivity contribution >= 4 is 59.9 Å². The first kappa shape index (κ1) is 31.8. The van der Waals surface area contributed by atoms with Crippen LogP contribution in [0.15, 0.2) is 97.3 Å². The maximum absolute atomic E-state index is 8.36. The second kappa shape index (κ2) is 13.7. The van der Waals surface area contributed by atoms with Crippen molar-refractivity contribution < 1.29 is 21.5 Å². The number of hydrogen-bond donors (Lipinski definition) is 0. The predicted molar refractivity (Wildman–Crippen MR) is 194 cm³/mol. The molecule has 4 aromatic carbocycles. The third kappa shape index (κ3) is 6.85. The number of rotatable bonds is 4. The molecule has 3 heterocycles. The molecule has 45 heavy (non-hydrogen) atoms. The monoisotopic (exact) mass is 846 g/mol. The maximum atomic E-state index is 8.36. The van der Waals surface area contributed by atoms with Crippen molar-refractivity contribution in [2.75, 3.05) is 0 Å². The van der Waals surface area contributed by atoms with E-state index in [0.717, 1.165) is 28.1 Å². The van der Waals surface area contributed by atoms with Gasteiger partial charge in [0.1, 0.15) is 0 Å². The molecule has 0 atom stereocenters. The molecule has 2 nitrogen and oxygen atoms in total. The summed E-state index contributed by atoms with van der Waals surface area (Å²) < 4.78 is 12.4. The Kier molecular flexibility index (Phi) is 9.68. The molecule has 0 spiro atoms. The van der Waals surface area contributed by atoms with E-state index in [4.69, 9.17) is 1.37 Å². The largest absolute Gasteiger partial charge is 0.305 e. The van der Waals surface area contributed by atoms with Gasteiger partial charge in [-0.15, -0.1) is 23.8 Å². The molecular weight excluding hydrogens is 805 g/mol. The van der Waals surface area contributed by atoms with Gasteiger partial charge in [0, 0.05) is 32.4 Å². The average molecular weight is 845 g/mol. The third-order valence-corrected chi connectivity index (χ3v) is 13.9. The predicted octanol–water partition coefficient (Wildman–Crippen LogP) is 10.9. The van der Waals surface area contributed by atoms with Crippen LogP contribution in [-0.2, 0) is 20.1 Å². The Hall–Kier alpha value is -3.15. The van der Waals surface area contributed by atoms with Crippen LogP contribution in [0.1, 0.15) is 37.8 Å². The smallest absolute Gasteiger partial charge is 0.0346 e. The Morgan fingerprint density at radius 1 is 0.733 bits per heavy atom. The summed E-state index contributed by atoms with van der Waals surface area (Å²) in [4.78, 5) is 9.21. The van der Waals surface area contributed by atoms with Crippen LogP contribution in [0.2, 0.25) is 17.3 Å². The number of nitrogens with zero attached hydrogens (tertiary/aromatic N) is 2. The van der Waals surface area contributed by atoms with Crippen LogP contribution in [-0.4, -0.2) is 23.2 Å². The molecule has 0 aliphatic carbocycles. The molecule has 0 saturated heterocycles. The van der Waals surface area contributed by atoms with Gasteiger partial charge >= 0.3 is 106 Å². The van der Waals surface area contributed by atoms with E-state index in [1.54, 1.807) is 6.20 Å². The van der Waals surface area contributed by atoms with Crippen molar-refractivity contribution in [2.24, 2.45) is 0 Å². The molecule has 229 valence electrons. The zero-order valence-corrected chi connectivity index (χ0v) is 32.2. The molecule has 3 aromatic heterocycles. The van der Waals surface area contributed by atoms with Gasteiger partial charge in [-0.2, -0.15) is 11.3 Å². The number of benzene rings is 4. The van der Waals surface area contributed by atoms with Crippen LogP contribution in [0, 0.1) is 26.0 Å². The van der Waals surface area contributed by atoms with Gasteiger partial charge in [-0.25, -0.2) is 0 Å². The van der Waals surface area contributed by atoms with Crippen molar-refractivity contribution in [3.8, 4) is 22.5 Å². The van der Waals surface area contributed by atoms with Crippen molar-refractivity contribution in [3.63, 3.8) is 0 Å². The summed E-state index contributed by atoms with van der Waals surface area (Å²) in [6.07, 6.45) is 3.88. The summed E-state index contributed by atoms with van der Waals surface area (Å²) in [7, 11) is 0. The van der Waals surface area contributed by atoms with Gasteiger partial charge < -0.3 is 4.98 Å². The Balaban J connectivity index is 0.000000200. The van der Waals surface area contributed by atoms with Crippen LogP contribution in [0.25, 0.3) is 53.5 Å². The molecule has 0 fully saturated rings. The Morgan fingerprint density at radius 3 is 2.16 bits per heavy atom. The first-order valence-electron chi connectivity index (χ1n) is 15.6. The first-order valence-corrected chi connectivity index (χ1v) is 23.2. The first-order chi connectivity index (χ1) is 21.4. The number of fused-ring (bicyclic) bond motifs is 5. The van der Waals surface area contributed by atoms with Crippen molar-refractivity contribution in [3.05, 3.63) is 126 Å². The molecule has 0 amide bonds. The zero-order valence-electron chi connectivity index (χ0n) is 27.9. The molecule has 0 bridgehead atoms. The minimum atomic E-state index is -1.77. The van der Waals surface area contributed by atoms with E-state index in [0.29, 0.717) is 0 Å². The molecule has 5 heteroatoms. The van der Waals surface area contributed by atoms with Crippen molar-refractivity contribution in [2.45, 2.75) is 50.9 Å². The minimum absolute atomic E-state index is 0. The average Bonchev–Trinajstić information content (AvgIpc) is 3.40. The molecule has 0 saturated carbocycles. The van der Waals surface area contributed by atoms with Gasteiger partial charge in [0.15, 0.2) is 0 Å². The van der Waals surface area contributed by atoms with E-state index >= 15 is 0 Å². The van der Waals surface area contributed by atoms with Crippen LogP contribution in [0.4, 0.5) is 0 Å². The summed E-state index contributed by atoms with van der Waals surface area (Å²) in [6, 6.07) is 35.9. The molecule has 7 rings (SSSR count). The number of hydrogen-bond acceptors (Lipinski definition) is 3. The third-order valence-electron chi connectivity index (χ3n) is 8.14. The van der Waals surface area contributed by atoms with Gasteiger partial charge in [-0.05, 0) is 51.0 Å². The van der Waals surface area contributed by atoms with E-state index < -0.39 is 19.2 Å². The van der Waals surface area contributed by atoms with Gasteiger partial charge in [0.25, 0.3) is 0 Å². The topological polar surface area (TPSA) is 25.8 Å². The quantitative estimate of drug-likeness (QED) is 0.130. The van der Waals surface area contributed by atoms with E-state index in [2.05, 4.69) is 108 Å². The Labute approximate surface area is 289 Å². The normalized spacial score (nSPS) is 12.0. The van der Waals surface area contributed by atoms with Crippen molar-refractivity contribution in [1.29, 1.82) is 0 Å². The fourth-order valence-electron chi connectivity index (χ4n) is 5.85. The maximum Gasteiger partial charge on any atom is 0.0346 e.